The first-order valence-electron chi connectivity index (χ1n) is 22.4. The fourth-order valence-corrected chi connectivity index (χ4v) is 6.82. The number of phenolic OH excluding ortho intramolecular Hbond substituents is 1. The second kappa shape index (κ2) is 33.7. The van der Waals surface area contributed by atoms with E-state index in [2.05, 4.69) is 63.5 Å². The van der Waals surface area contributed by atoms with Crippen LogP contribution in [0.4, 0.5) is 0 Å². The van der Waals surface area contributed by atoms with Crippen LogP contribution in [-0.4, -0.2) is 112 Å². The van der Waals surface area contributed by atoms with E-state index >= 15 is 0 Å². The number of rotatable bonds is 18. The normalized spacial score (nSPS) is 16.2. The molecule has 2 fully saturated rings. The number of hydrogen-bond donors (Lipinski definition) is 7. The molecule has 2 heterocycles. The van der Waals surface area contributed by atoms with E-state index in [9.17, 15) is 34.5 Å². The molecule has 0 radical (unpaired) electrons. The molecule has 1 saturated heterocycles. The molecule has 2 aromatic carbocycles. The molecule has 0 spiro atoms. The smallest absolute Gasteiger partial charge is 0.332 e. The number of aromatic hydroxyl groups is 1. The number of aliphatic hydroxyl groups is 2. The standard InChI is InChI=1S/C18H28N2O6.C12H17N.C10H15N3O.C6H10O2.C2H6/c1-11-9-12(3-7-15(11)22)17(24)20-10-14(21)6-4-13(19-2)5-8-16(23)18(25)26;1-4-5-12-8-11(9-13-3)7-6-10(12)2;14-7-6-13-8-10(11-12-13)9-4-2-1-3-5-9;7-4-6-2-1-3-8-5-6;1-2/h3,7,9,13-14,16,19,21-23H,4-6,8,10H2,1-2H3,(H,20,24)(H,25,26);4-8,13H,9H2,1-3H3;7-9H,1-6H2;4,6H,1-3,5H2;1-2H3/b;5-4+;;;. The fraction of sp³-hybridized carbons (Fsp3) is 0.583. The number of aromatic nitrogens is 3. The molecule has 1 aliphatic heterocycles. The van der Waals surface area contributed by atoms with Gasteiger partial charge < -0.3 is 50.7 Å². The Kier molecular flexibility index (Phi) is 30.1. The van der Waals surface area contributed by atoms with E-state index in [0.717, 1.165) is 44.3 Å². The zero-order valence-electron chi connectivity index (χ0n) is 38.7. The third-order valence-electron chi connectivity index (χ3n) is 10.6. The Labute approximate surface area is 375 Å². The van der Waals surface area contributed by atoms with Crippen molar-refractivity contribution < 1.29 is 44.3 Å². The summed E-state index contributed by atoms with van der Waals surface area (Å²) in [4.78, 5) is 43.0. The first-order valence-corrected chi connectivity index (χ1v) is 22.4. The van der Waals surface area contributed by atoms with Crippen molar-refractivity contribution in [1.29, 1.82) is 0 Å². The van der Waals surface area contributed by atoms with Gasteiger partial charge in [0.15, 0.2) is 6.10 Å². The number of carbonyl (C=O) groups is 4. The number of benzene rings is 2. The van der Waals surface area contributed by atoms with Crippen LogP contribution in [0.1, 0.15) is 136 Å². The van der Waals surface area contributed by atoms with Gasteiger partial charge in [0, 0.05) is 49.3 Å². The Hall–Kier alpha value is -4.80. The number of aldehydes is 2. The van der Waals surface area contributed by atoms with Crippen molar-refractivity contribution in [3.63, 3.8) is 0 Å². The predicted octanol–water partition coefficient (Wildman–Crippen LogP) is 6.30. The molecule has 1 amide bonds. The van der Waals surface area contributed by atoms with Crippen molar-refractivity contribution in [3.05, 3.63) is 82.2 Å². The molecule has 0 bridgehead atoms. The van der Waals surface area contributed by atoms with Crippen molar-refractivity contribution in [1.82, 2.24) is 30.9 Å². The lowest BCUT2D eigenvalue weighted by Gasteiger charge is -2.19. The number of aliphatic carboxylic acids is 1. The number of allylic oxidation sites excluding steroid dienone is 1. The first kappa shape index (κ1) is 56.2. The summed E-state index contributed by atoms with van der Waals surface area (Å²) in [7, 11) is 3.70. The average molecular weight is 881 g/mol. The van der Waals surface area contributed by atoms with Crippen LogP contribution in [-0.2, 0) is 32.2 Å². The summed E-state index contributed by atoms with van der Waals surface area (Å²) in [5.74, 6) is -0.699. The van der Waals surface area contributed by atoms with Gasteiger partial charge in [0.05, 0.1) is 24.9 Å². The van der Waals surface area contributed by atoms with Gasteiger partial charge in [-0.2, -0.15) is 0 Å². The van der Waals surface area contributed by atoms with Crippen LogP contribution < -0.4 is 16.0 Å². The highest BCUT2D eigenvalue weighted by molar-refractivity contribution is 5.94. The molecular formula is C48H76N6O9. The lowest BCUT2D eigenvalue weighted by Crippen LogP contribution is -2.34. The minimum atomic E-state index is -1.39. The van der Waals surface area contributed by atoms with Gasteiger partial charge in [-0.3, -0.25) is 4.79 Å². The molecule has 352 valence electrons. The van der Waals surface area contributed by atoms with Crippen LogP contribution in [0.25, 0.3) is 6.08 Å². The Morgan fingerprint density at radius 3 is 2.22 bits per heavy atom. The van der Waals surface area contributed by atoms with Crippen LogP contribution >= 0.6 is 0 Å². The maximum Gasteiger partial charge on any atom is 0.332 e. The van der Waals surface area contributed by atoms with Crippen molar-refractivity contribution >= 4 is 30.5 Å². The fourth-order valence-electron chi connectivity index (χ4n) is 6.82. The zero-order chi connectivity index (χ0) is 47.0. The van der Waals surface area contributed by atoms with Gasteiger partial charge in [-0.1, -0.05) is 68.7 Å². The van der Waals surface area contributed by atoms with Crippen LogP contribution in [0, 0.1) is 19.8 Å². The van der Waals surface area contributed by atoms with Gasteiger partial charge in [0.25, 0.3) is 5.91 Å². The number of carboxylic acids is 1. The minimum absolute atomic E-state index is 0.0332. The molecule has 5 rings (SSSR count). The molecule has 3 aromatic rings. The van der Waals surface area contributed by atoms with Crippen molar-refractivity contribution in [2.45, 2.75) is 143 Å². The van der Waals surface area contributed by atoms with Crippen molar-refractivity contribution in [3.8, 4) is 5.75 Å². The number of nitrogens with zero attached hydrogens (tertiary/aromatic N) is 3. The average Bonchev–Trinajstić information content (AvgIpc) is 3.78. The number of hydrogen-bond acceptors (Lipinski definition) is 12. The quantitative estimate of drug-likeness (QED) is 0.0698. The predicted molar refractivity (Wildman–Crippen MR) is 248 cm³/mol. The van der Waals surface area contributed by atoms with Crippen molar-refractivity contribution in [2.24, 2.45) is 5.92 Å². The highest BCUT2D eigenvalue weighted by atomic mass is 16.5. The van der Waals surface area contributed by atoms with E-state index in [1.54, 1.807) is 24.7 Å². The van der Waals surface area contributed by atoms with E-state index in [1.165, 1.54) is 60.9 Å². The third-order valence-corrected chi connectivity index (χ3v) is 10.6. The van der Waals surface area contributed by atoms with Gasteiger partial charge in [0.2, 0.25) is 0 Å². The molecule has 1 aliphatic carbocycles. The highest BCUT2D eigenvalue weighted by Gasteiger charge is 2.19. The van der Waals surface area contributed by atoms with E-state index in [0.29, 0.717) is 49.5 Å². The maximum absolute atomic E-state index is 12.0. The molecule has 1 saturated carbocycles. The third kappa shape index (κ3) is 23.5. The zero-order valence-corrected chi connectivity index (χ0v) is 38.7. The summed E-state index contributed by atoms with van der Waals surface area (Å²) in [6, 6.07) is 11.1. The summed E-state index contributed by atoms with van der Waals surface area (Å²) < 4.78 is 6.65. The maximum atomic E-state index is 12.0. The molecule has 4 atom stereocenters. The first-order chi connectivity index (χ1) is 30.3. The SMILES string of the molecule is C/C=C/c1cc(CNC)ccc1C.CC.CNC(CCC(O)CNC(=O)c1ccc(O)c(C)c1)CCC(O)C(=O)O.O=CC1CCCOC1.O=CCn1cc(C2CCCCC2)nn1. The van der Waals surface area contributed by atoms with Gasteiger partial charge in [0.1, 0.15) is 18.3 Å². The summed E-state index contributed by atoms with van der Waals surface area (Å²) in [6.07, 6.45) is 15.9. The Morgan fingerprint density at radius 1 is 0.937 bits per heavy atom. The topological polar surface area (TPSA) is 225 Å². The molecule has 7 N–H and O–H groups in total. The Balaban J connectivity index is 0.000000451. The summed E-state index contributed by atoms with van der Waals surface area (Å²) in [5.41, 5.74) is 6.04. The number of amides is 1. The molecular weight excluding hydrogens is 805 g/mol. The molecule has 63 heavy (non-hydrogen) atoms. The number of ether oxygens (including phenoxy) is 1. The highest BCUT2D eigenvalue weighted by Crippen LogP contribution is 2.31. The molecule has 15 heteroatoms. The van der Waals surface area contributed by atoms with Gasteiger partial charge in [-0.05, 0) is 127 Å². The summed E-state index contributed by atoms with van der Waals surface area (Å²) in [5, 5.41) is 54.3. The largest absolute Gasteiger partial charge is 0.508 e. The monoisotopic (exact) mass is 881 g/mol. The second-order valence-corrected chi connectivity index (χ2v) is 15.6. The van der Waals surface area contributed by atoms with E-state index in [4.69, 9.17) is 9.84 Å². The number of carbonyl (C=O) groups excluding carboxylic acids is 3. The number of phenols is 1. The number of carboxylic acid groups (broad SMARTS) is 1. The molecule has 1 aromatic heterocycles. The Morgan fingerprint density at radius 2 is 1.65 bits per heavy atom. The molecule has 2 aliphatic rings. The second-order valence-electron chi connectivity index (χ2n) is 15.6. The van der Waals surface area contributed by atoms with Crippen LogP contribution in [0.15, 0.2) is 48.7 Å². The lowest BCUT2D eigenvalue weighted by atomic mass is 9.87. The van der Waals surface area contributed by atoms with Crippen molar-refractivity contribution in [2.75, 3.05) is 33.9 Å². The number of nitrogens with one attached hydrogen (secondary N) is 3. The molecule has 4 unspecified atom stereocenters. The summed E-state index contributed by atoms with van der Waals surface area (Å²) in [6.45, 7) is 12.7. The Bertz CT molecular complexity index is 1760. The van der Waals surface area contributed by atoms with Crippen LogP contribution in [0.2, 0.25) is 0 Å². The minimum Gasteiger partial charge on any atom is -0.508 e. The van der Waals surface area contributed by atoms with Gasteiger partial charge >= 0.3 is 5.97 Å². The van der Waals surface area contributed by atoms with Gasteiger partial charge in [-0.25, -0.2) is 9.48 Å². The lowest BCUT2D eigenvalue weighted by molar-refractivity contribution is -0.147. The van der Waals surface area contributed by atoms with Crippen LogP contribution in [0.5, 0.6) is 5.75 Å². The molecule has 15 nitrogen and oxygen atoms in total. The van der Waals surface area contributed by atoms with E-state index in [1.807, 2.05) is 34.0 Å². The van der Waals surface area contributed by atoms with E-state index in [-0.39, 0.29) is 36.6 Å². The number of aryl methyl sites for hydroxylation is 2. The van der Waals surface area contributed by atoms with Crippen LogP contribution in [0.3, 0.4) is 0 Å². The summed E-state index contributed by atoms with van der Waals surface area (Å²) >= 11 is 0. The number of aliphatic hydroxyl groups excluding tert-OH is 2. The van der Waals surface area contributed by atoms with E-state index < -0.39 is 18.2 Å². The van der Waals surface area contributed by atoms with Gasteiger partial charge in [-0.15, -0.1) is 5.10 Å².